The number of hydrogen-bond donors (Lipinski definition) is 1. The lowest BCUT2D eigenvalue weighted by Crippen LogP contribution is -2.31. The number of benzene rings is 2. The Morgan fingerprint density at radius 1 is 1.09 bits per heavy atom. The Labute approximate surface area is 195 Å². The number of nitrogens with one attached hydrogen (secondary N) is 1. The molecule has 9 nitrogen and oxygen atoms in total. The molecular weight excluding hydrogens is 430 g/mol. The summed E-state index contributed by atoms with van der Waals surface area (Å²) < 4.78 is 9.35. The Kier molecular flexibility index (Phi) is 5.38. The molecular formula is C25H25N7O2. The van der Waals surface area contributed by atoms with Crippen molar-refractivity contribution in [1.82, 2.24) is 34.5 Å². The fourth-order valence-electron chi connectivity index (χ4n) is 4.57. The highest BCUT2D eigenvalue weighted by atomic mass is 16.5. The molecule has 1 fully saturated rings. The van der Waals surface area contributed by atoms with Crippen molar-refractivity contribution < 1.29 is 9.53 Å². The van der Waals surface area contributed by atoms with Crippen LogP contribution in [0.4, 0.5) is 0 Å². The number of ether oxygens (including phenoxy) is 1. The Hall–Kier alpha value is -3.85. The van der Waals surface area contributed by atoms with Gasteiger partial charge in [0.15, 0.2) is 11.5 Å². The molecule has 1 atom stereocenters. The third-order valence-corrected chi connectivity index (χ3v) is 6.28. The van der Waals surface area contributed by atoms with Gasteiger partial charge in [-0.2, -0.15) is 4.52 Å². The summed E-state index contributed by atoms with van der Waals surface area (Å²) in [5.41, 5.74) is 2.66. The van der Waals surface area contributed by atoms with Crippen molar-refractivity contribution in [2.45, 2.75) is 38.2 Å². The van der Waals surface area contributed by atoms with Crippen LogP contribution in [0.1, 0.15) is 31.5 Å². The van der Waals surface area contributed by atoms with Gasteiger partial charge in [0.05, 0.1) is 11.6 Å². The summed E-state index contributed by atoms with van der Waals surface area (Å²) in [6, 6.07) is 18.0. The molecule has 4 heterocycles. The summed E-state index contributed by atoms with van der Waals surface area (Å²) in [6.07, 6.45) is 3.98. The number of aryl methyl sites for hydroxylation is 1. The van der Waals surface area contributed by atoms with E-state index >= 15 is 0 Å². The van der Waals surface area contributed by atoms with Gasteiger partial charge in [-0.3, -0.25) is 9.20 Å². The molecule has 0 spiro atoms. The highest BCUT2D eigenvalue weighted by Crippen LogP contribution is 2.25. The predicted molar refractivity (Wildman–Crippen MR) is 127 cm³/mol. The van der Waals surface area contributed by atoms with Crippen LogP contribution in [0.3, 0.4) is 0 Å². The lowest BCUT2D eigenvalue weighted by molar-refractivity contribution is -0.121. The number of nitrogens with zero attached hydrogens (tertiary/aromatic N) is 6. The van der Waals surface area contributed by atoms with Crippen LogP contribution in [0.15, 0.2) is 54.6 Å². The molecule has 0 radical (unpaired) electrons. The fraction of sp³-hybridized carbons (Fsp3) is 0.320. The van der Waals surface area contributed by atoms with Crippen LogP contribution < -0.4 is 5.32 Å². The van der Waals surface area contributed by atoms with Crippen LogP contribution in [0.25, 0.3) is 33.7 Å². The molecule has 1 saturated heterocycles. The van der Waals surface area contributed by atoms with E-state index in [2.05, 4.69) is 15.5 Å². The van der Waals surface area contributed by atoms with Crippen molar-refractivity contribution in [3.8, 4) is 11.4 Å². The summed E-state index contributed by atoms with van der Waals surface area (Å²) in [5, 5.41) is 17.6. The lowest BCUT2D eigenvalue weighted by atomic mass is 10.2. The normalized spacial score (nSPS) is 16.1. The first-order valence-corrected chi connectivity index (χ1v) is 11.7. The SMILES string of the molecule is O=C(CCCc1nnc2n3nc(-c4ccccc4)nc3c3ccccc3n12)NCC1CCCO1. The minimum absolute atomic E-state index is 0.0420. The molecule has 3 aromatic heterocycles. The first kappa shape index (κ1) is 20.7. The lowest BCUT2D eigenvalue weighted by Gasteiger charge is -2.10. The second-order valence-corrected chi connectivity index (χ2v) is 8.60. The first-order chi connectivity index (χ1) is 16.8. The maximum atomic E-state index is 12.3. The van der Waals surface area contributed by atoms with Crippen molar-refractivity contribution in [1.29, 1.82) is 0 Å². The Balaban J connectivity index is 1.29. The summed E-state index contributed by atoms with van der Waals surface area (Å²) in [5.74, 6) is 2.10. The van der Waals surface area contributed by atoms with E-state index in [0.717, 1.165) is 47.4 Å². The molecule has 2 aromatic carbocycles. The molecule has 0 bridgehead atoms. The van der Waals surface area contributed by atoms with Gasteiger partial charge >= 0.3 is 0 Å². The van der Waals surface area contributed by atoms with E-state index in [1.165, 1.54) is 0 Å². The highest BCUT2D eigenvalue weighted by molar-refractivity contribution is 5.94. The average Bonchev–Trinajstić information content (AvgIpc) is 3.63. The second-order valence-electron chi connectivity index (χ2n) is 8.60. The van der Waals surface area contributed by atoms with E-state index in [9.17, 15) is 4.79 Å². The number of fused-ring (bicyclic) bond motifs is 6. The van der Waals surface area contributed by atoms with E-state index in [1.54, 1.807) is 4.52 Å². The molecule has 1 unspecified atom stereocenters. The highest BCUT2D eigenvalue weighted by Gasteiger charge is 2.19. The quantitative estimate of drug-likeness (QED) is 0.405. The van der Waals surface area contributed by atoms with Gasteiger partial charge in [-0.1, -0.05) is 42.5 Å². The van der Waals surface area contributed by atoms with Crippen molar-refractivity contribution >= 4 is 28.2 Å². The van der Waals surface area contributed by atoms with Gasteiger partial charge in [0.25, 0.3) is 5.78 Å². The van der Waals surface area contributed by atoms with E-state index in [1.807, 2.05) is 59.0 Å². The van der Waals surface area contributed by atoms with Crippen molar-refractivity contribution in [2.75, 3.05) is 13.2 Å². The van der Waals surface area contributed by atoms with Crippen LogP contribution in [0.5, 0.6) is 0 Å². The van der Waals surface area contributed by atoms with Crippen molar-refractivity contribution in [2.24, 2.45) is 0 Å². The molecule has 5 aromatic rings. The van der Waals surface area contributed by atoms with Gasteiger partial charge in [0.2, 0.25) is 5.91 Å². The number of aromatic nitrogens is 6. The van der Waals surface area contributed by atoms with Crippen LogP contribution >= 0.6 is 0 Å². The molecule has 1 aliphatic rings. The molecule has 6 rings (SSSR count). The third-order valence-electron chi connectivity index (χ3n) is 6.28. The minimum atomic E-state index is 0.0420. The number of amides is 1. The number of carbonyl (C=O) groups is 1. The summed E-state index contributed by atoms with van der Waals surface area (Å²) in [4.78, 5) is 17.1. The van der Waals surface area contributed by atoms with E-state index in [-0.39, 0.29) is 12.0 Å². The predicted octanol–water partition coefficient (Wildman–Crippen LogP) is 3.21. The molecule has 172 valence electrons. The maximum Gasteiger partial charge on any atom is 0.258 e. The molecule has 0 aliphatic carbocycles. The molecule has 1 amide bonds. The van der Waals surface area contributed by atoms with Gasteiger partial charge in [-0.25, -0.2) is 4.98 Å². The van der Waals surface area contributed by atoms with Crippen molar-refractivity contribution in [3.63, 3.8) is 0 Å². The molecule has 1 aliphatic heterocycles. The zero-order valence-electron chi connectivity index (χ0n) is 18.7. The third kappa shape index (κ3) is 3.77. The van der Waals surface area contributed by atoms with Gasteiger partial charge in [-0.05, 0) is 31.4 Å². The molecule has 1 N–H and O–H groups in total. The maximum absolute atomic E-state index is 12.3. The Morgan fingerprint density at radius 3 is 2.79 bits per heavy atom. The standard InChI is InChI=1S/C25H25N7O2/c33-22(26-16-18-10-7-15-34-18)14-6-13-21-28-29-25-31(21)20-12-5-4-11-19(20)24-27-23(30-32(24)25)17-8-2-1-3-9-17/h1-5,8-9,11-12,18H,6-7,10,13-16H2,(H,26,33). The largest absolute Gasteiger partial charge is 0.376 e. The fourth-order valence-corrected chi connectivity index (χ4v) is 4.57. The monoisotopic (exact) mass is 455 g/mol. The summed E-state index contributed by atoms with van der Waals surface area (Å²) in [7, 11) is 0. The number of para-hydroxylation sites is 1. The van der Waals surface area contributed by atoms with Gasteiger partial charge in [0, 0.05) is 36.9 Å². The molecule has 34 heavy (non-hydrogen) atoms. The van der Waals surface area contributed by atoms with Gasteiger partial charge < -0.3 is 10.1 Å². The number of carbonyl (C=O) groups excluding carboxylic acids is 1. The van der Waals surface area contributed by atoms with Crippen LogP contribution in [0.2, 0.25) is 0 Å². The minimum Gasteiger partial charge on any atom is -0.376 e. The van der Waals surface area contributed by atoms with Crippen LogP contribution in [0, 0.1) is 0 Å². The van der Waals surface area contributed by atoms with E-state index in [4.69, 9.17) is 14.8 Å². The van der Waals surface area contributed by atoms with Crippen LogP contribution in [-0.2, 0) is 16.0 Å². The summed E-state index contributed by atoms with van der Waals surface area (Å²) >= 11 is 0. The number of rotatable bonds is 7. The zero-order valence-corrected chi connectivity index (χ0v) is 18.7. The molecule has 0 saturated carbocycles. The summed E-state index contributed by atoms with van der Waals surface area (Å²) in [6.45, 7) is 1.38. The average molecular weight is 456 g/mol. The zero-order chi connectivity index (χ0) is 22.9. The number of hydrogen-bond acceptors (Lipinski definition) is 6. The van der Waals surface area contributed by atoms with E-state index in [0.29, 0.717) is 37.4 Å². The molecule has 9 heteroatoms. The van der Waals surface area contributed by atoms with Gasteiger partial charge in [-0.15, -0.1) is 15.3 Å². The Bertz CT molecular complexity index is 1470. The first-order valence-electron chi connectivity index (χ1n) is 11.7. The smallest absolute Gasteiger partial charge is 0.258 e. The van der Waals surface area contributed by atoms with Crippen molar-refractivity contribution in [3.05, 3.63) is 60.4 Å². The van der Waals surface area contributed by atoms with E-state index < -0.39 is 0 Å². The van der Waals surface area contributed by atoms with Gasteiger partial charge in [0.1, 0.15) is 5.82 Å². The Morgan fingerprint density at radius 2 is 1.94 bits per heavy atom. The second kappa shape index (κ2) is 8.83. The van der Waals surface area contributed by atoms with Crippen LogP contribution in [-0.4, -0.2) is 54.4 Å². The topological polar surface area (TPSA) is 98.7 Å².